The molecule has 2 aromatic carbocycles. The number of nitrogens with zero attached hydrogens (tertiary/aromatic N) is 2. The number of fused-ring (bicyclic) bond motifs is 3. The molecule has 1 aromatic heterocycles. The van der Waals surface area contributed by atoms with Crippen LogP contribution >= 0.6 is 24.8 Å². The predicted molar refractivity (Wildman–Crippen MR) is 129 cm³/mol. The van der Waals surface area contributed by atoms with Crippen molar-refractivity contribution in [1.82, 2.24) is 9.88 Å². The van der Waals surface area contributed by atoms with Gasteiger partial charge in [0.1, 0.15) is 5.75 Å². The smallest absolute Gasteiger partial charge is 0.115 e. The van der Waals surface area contributed by atoms with Crippen molar-refractivity contribution in [2.45, 2.75) is 42.7 Å². The molecular formula is C25H28Cl2N2O3. The molecule has 3 atom stereocenters. The van der Waals surface area contributed by atoms with Gasteiger partial charge in [0.15, 0.2) is 0 Å². The molecule has 3 N–H and O–H groups in total. The highest BCUT2D eigenvalue weighted by Crippen LogP contribution is 2.57. The minimum Gasteiger partial charge on any atom is -0.508 e. The van der Waals surface area contributed by atoms with Gasteiger partial charge in [-0.05, 0) is 60.3 Å². The highest BCUT2D eigenvalue weighted by atomic mass is 35.5. The van der Waals surface area contributed by atoms with Gasteiger partial charge in [0.05, 0.1) is 17.7 Å². The minimum absolute atomic E-state index is 0. The second-order valence-corrected chi connectivity index (χ2v) is 9.22. The zero-order valence-corrected chi connectivity index (χ0v) is 19.3. The van der Waals surface area contributed by atoms with Gasteiger partial charge in [-0.15, -0.1) is 24.8 Å². The first kappa shape index (κ1) is 23.3. The normalized spacial score (nSPS) is 28.0. The van der Waals surface area contributed by atoms with Crippen molar-refractivity contribution in [3.05, 3.63) is 70.9 Å². The van der Waals surface area contributed by atoms with E-state index in [0.717, 1.165) is 47.1 Å². The third kappa shape index (κ3) is 3.06. The lowest BCUT2D eigenvalue weighted by Crippen LogP contribution is -2.74. The number of aliphatic hydroxyl groups excluding tert-OH is 1. The molecule has 7 heteroatoms. The Morgan fingerprint density at radius 2 is 1.84 bits per heavy atom. The zero-order valence-electron chi connectivity index (χ0n) is 17.7. The first-order chi connectivity index (χ1) is 14.5. The molecule has 6 rings (SSSR count). The second kappa shape index (κ2) is 8.15. The number of piperidine rings is 1. The number of β-amino-alcohol motifs (C(OH)–C–C–N with tert-alkyl or cyclic N) is 1. The van der Waals surface area contributed by atoms with Gasteiger partial charge in [-0.25, -0.2) is 0 Å². The number of aromatic hydroxyl groups is 1. The molecule has 5 nitrogen and oxygen atoms in total. The van der Waals surface area contributed by atoms with Crippen molar-refractivity contribution in [3.63, 3.8) is 0 Å². The van der Waals surface area contributed by atoms with E-state index in [0.29, 0.717) is 19.4 Å². The van der Waals surface area contributed by atoms with Crippen LogP contribution in [0.5, 0.6) is 5.75 Å². The molecular weight excluding hydrogens is 447 g/mol. The molecule has 1 fully saturated rings. The molecule has 170 valence electrons. The molecule has 3 aliphatic rings. The fraction of sp³-hybridized carbons (Fsp3) is 0.400. The van der Waals surface area contributed by atoms with Gasteiger partial charge in [-0.2, -0.15) is 0 Å². The summed E-state index contributed by atoms with van der Waals surface area (Å²) < 4.78 is 0. The number of para-hydroxylation sites is 1. The fourth-order valence-corrected chi connectivity index (χ4v) is 6.49. The lowest BCUT2D eigenvalue weighted by atomic mass is 9.49. The number of phenolic OH excluding ortho intramolecular Hbond substituents is 1. The van der Waals surface area contributed by atoms with Gasteiger partial charge in [-0.3, -0.25) is 9.88 Å². The SMILES string of the molecule is Cl.Cl.OCCN1CC[C@]23Cc4nc5ccccc5cc4C[C@@]2(O)[C@H]1Cc1ccc(O)cc13. The Hall–Kier alpha value is -1.89. The molecule has 1 aliphatic heterocycles. The highest BCUT2D eigenvalue weighted by Gasteiger charge is 2.64. The molecule has 0 radical (unpaired) electrons. The van der Waals surface area contributed by atoms with E-state index in [1.807, 2.05) is 30.3 Å². The molecule has 1 saturated heterocycles. The maximum Gasteiger partial charge on any atom is 0.115 e. The van der Waals surface area contributed by atoms with Crippen LogP contribution in [0.2, 0.25) is 0 Å². The van der Waals surface area contributed by atoms with E-state index in [1.54, 1.807) is 6.07 Å². The first-order valence-corrected chi connectivity index (χ1v) is 10.8. The summed E-state index contributed by atoms with van der Waals surface area (Å²) in [6.45, 7) is 1.48. The fourth-order valence-electron chi connectivity index (χ4n) is 6.49. The predicted octanol–water partition coefficient (Wildman–Crippen LogP) is 3.17. The van der Waals surface area contributed by atoms with Crippen LogP contribution in [0, 0.1) is 0 Å². The summed E-state index contributed by atoms with van der Waals surface area (Å²) in [7, 11) is 0. The Bertz CT molecular complexity index is 1170. The van der Waals surface area contributed by atoms with Gasteiger partial charge in [-0.1, -0.05) is 24.3 Å². The molecule has 0 amide bonds. The van der Waals surface area contributed by atoms with Gasteiger partial charge < -0.3 is 15.3 Å². The van der Waals surface area contributed by atoms with Crippen molar-refractivity contribution >= 4 is 35.7 Å². The maximum absolute atomic E-state index is 12.4. The summed E-state index contributed by atoms with van der Waals surface area (Å²) in [5.41, 5.74) is 3.99. The molecule has 2 heterocycles. The Balaban J connectivity index is 0.00000122. The number of aliphatic hydroxyl groups is 2. The van der Waals surface area contributed by atoms with Crippen LogP contribution in [0.15, 0.2) is 48.5 Å². The quantitative estimate of drug-likeness (QED) is 0.531. The summed E-state index contributed by atoms with van der Waals surface area (Å²) in [4.78, 5) is 7.26. The lowest BCUT2D eigenvalue weighted by molar-refractivity contribution is -0.152. The number of benzene rings is 2. The van der Waals surface area contributed by atoms with E-state index in [2.05, 4.69) is 17.0 Å². The third-order valence-electron chi connectivity index (χ3n) is 7.88. The van der Waals surface area contributed by atoms with Crippen molar-refractivity contribution < 1.29 is 15.3 Å². The molecule has 0 unspecified atom stereocenters. The summed E-state index contributed by atoms with van der Waals surface area (Å²) in [6, 6.07) is 15.9. The number of halogens is 2. The van der Waals surface area contributed by atoms with Crippen molar-refractivity contribution in [3.8, 4) is 5.75 Å². The van der Waals surface area contributed by atoms with Crippen LogP contribution in [0.1, 0.15) is 28.8 Å². The van der Waals surface area contributed by atoms with Crippen LogP contribution in [-0.4, -0.2) is 56.5 Å². The standard InChI is InChI=1S/C25H26N2O3.2ClH/c28-10-9-27-8-7-24-15-22-18(11-17-3-1-2-4-21(17)26-22)14-25(24,30)23(27)12-16-5-6-19(29)13-20(16)24;;/h1-6,11,13,23,28-30H,7-10,12,14-15H2;2*1H/t23-,24-,25-;;/m1../s1. The van der Waals surface area contributed by atoms with E-state index < -0.39 is 11.0 Å². The second-order valence-electron chi connectivity index (χ2n) is 9.22. The number of likely N-dealkylation sites (tertiary alicyclic amines) is 1. The molecule has 2 bridgehead atoms. The molecule has 32 heavy (non-hydrogen) atoms. The van der Waals surface area contributed by atoms with Gasteiger partial charge in [0, 0.05) is 41.9 Å². The minimum atomic E-state index is -0.960. The van der Waals surface area contributed by atoms with E-state index >= 15 is 0 Å². The Morgan fingerprint density at radius 1 is 1.03 bits per heavy atom. The number of phenols is 1. The average Bonchev–Trinajstić information content (AvgIpc) is 2.73. The largest absolute Gasteiger partial charge is 0.508 e. The van der Waals surface area contributed by atoms with E-state index in [9.17, 15) is 15.3 Å². The molecule has 2 aliphatic carbocycles. The Morgan fingerprint density at radius 3 is 2.66 bits per heavy atom. The Labute approximate surface area is 199 Å². The molecule has 0 saturated carbocycles. The zero-order chi connectivity index (χ0) is 20.5. The number of hydrogen-bond donors (Lipinski definition) is 3. The van der Waals surface area contributed by atoms with Gasteiger partial charge in [0.2, 0.25) is 0 Å². The number of aromatic nitrogens is 1. The average molecular weight is 475 g/mol. The number of hydrogen-bond acceptors (Lipinski definition) is 5. The van der Waals surface area contributed by atoms with Crippen LogP contribution < -0.4 is 0 Å². The van der Waals surface area contributed by atoms with Crippen molar-refractivity contribution in [2.24, 2.45) is 0 Å². The van der Waals surface area contributed by atoms with Crippen LogP contribution in [0.4, 0.5) is 0 Å². The lowest BCUT2D eigenvalue weighted by Gasteiger charge is -2.63. The monoisotopic (exact) mass is 474 g/mol. The highest BCUT2D eigenvalue weighted by molar-refractivity contribution is 5.85. The number of pyridine rings is 1. The third-order valence-corrected chi connectivity index (χ3v) is 7.88. The summed E-state index contributed by atoms with van der Waals surface area (Å²) in [6.07, 6.45) is 2.72. The van der Waals surface area contributed by atoms with E-state index in [1.165, 1.54) is 5.56 Å². The molecule has 0 spiro atoms. The van der Waals surface area contributed by atoms with Crippen molar-refractivity contribution in [2.75, 3.05) is 19.7 Å². The number of rotatable bonds is 2. The topological polar surface area (TPSA) is 76.8 Å². The molecule has 3 aromatic rings. The summed E-state index contributed by atoms with van der Waals surface area (Å²) in [5.74, 6) is 0.249. The summed E-state index contributed by atoms with van der Waals surface area (Å²) >= 11 is 0. The van der Waals surface area contributed by atoms with E-state index in [-0.39, 0.29) is 43.2 Å². The van der Waals surface area contributed by atoms with Gasteiger partial charge in [0.25, 0.3) is 0 Å². The summed E-state index contributed by atoms with van der Waals surface area (Å²) in [5, 5.41) is 33.4. The first-order valence-electron chi connectivity index (χ1n) is 10.8. The van der Waals surface area contributed by atoms with Crippen molar-refractivity contribution in [1.29, 1.82) is 0 Å². The van der Waals surface area contributed by atoms with Crippen LogP contribution in [0.25, 0.3) is 10.9 Å². The maximum atomic E-state index is 12.4. The van der Waals surface area contributed by atoms with Gasteiger partial charge >= 0.3 is 0 Å². The van der Waals surface area contributed by atoms with E-state index in [4.69, 9.17) is 4.98 Å². The van der Waals surface area contributed by atoms with Crippen LogP contribution in [-0.2, 0) is 24.7 Å². The van der Waals surface area contributed by atoms with Crippen LogP contribution in [0.3, 0.4) is 0 Å². The Kier molecular flexibility index (Phi) is 5.93.